The average Bonchev–Trinajstić information content (AvgIpc) is 2.87. The molecule has 2 aliphatic rings. The molecule has 0 radical (unpaired) electrons. The van der Waals surface area contributed by atoms with Gasteiger partial charge in [0, 0.05) is 50.0 Å². The number of carbonyl (C=O) groups is 1. The fourth-order valence-electron chi connectivity index (χ4n) is 2.77. The Morgan fingerprint density at radius 3 is 3.06 bits per heavy atom. The number of carbonyl (C=O) groups excluding carboxylic acids is 1. The molecule has 98 valence electrons. The third kappa shape index (κ3) is 2.41. The Labute approximate surface area is 107 Å². The Bertz CT molecular complexity index is 424. The van der Waals surface area contributed by atoms with Gasteiger partial charge in [-0.2, -0.15) is 0 Å². The molecule has 1 atom stereocenters. The topological polar surface area (TPSA) is 56.2 Å². The number of aryl methyl sites for hydroxylation is 1. The van der Waals surface area contributed by atoms with E-state index in [1.165, 1.54) is 5.69 Å². The van der Waals surface area contributed by atoms with Gasteiger partial charge in [-0.1, -0.05) is 0 Å². The number of hydrogen-bond acceptors (Lipinski definition) is 3. The lowest BCUT2D eigenvalue weighted by molar-refractivity contribution is -0.128. The van der Waals surface area contributed by atoms with Crippen LogP contribution in [-0.2, 0) is 22.5 Å². The summed E-state index contributed by atoms with van der Waals surface area (Å²) in [4.78, 5) is 16.3. The predicted octanol–water partition coefficient (Wildman–Crippen LogP) is 0.741. The first-order valence-corrected chi connectivity index (χ1v) is 6.70. The number of ether oxygens (including phenoxy) is 1. The molecule has 0 bridgehead atoms. The van der Waals surface area contributed by atoms with Gasteiger partial charge in [-0.05, 0) is 19.3 Å². The summed E-state index contributed by atoms with van der Waals surface area (Å²) in [6.07, 6.45) is 7.37. The largest absolute Gasteiger partial charge is 0.381 e. The van der Waals surface area contributed by atoms with Crippen molar-refractivity contribution in [1.29, 1.82) is 0 Å². The van der Waals surface area contributed by atoms with Crippen LogP contribution in [0.15, 0.2) is 12.5 Å². The van der Waals surface area contributed by atoms with Crippen LogP contribution in [0.3, 0.4) is 0 Å². The van der Waals surface area contributed by atoms with Crippen LogP contribution in [0.25, 0.3) is 0 Å². The summed E-state index contributed by atoms with van der Waals surface area (Å²) in [5, 5.41) is 3.18. The first-order chi connectivity index (χ1) is 8.83. The van der Waals surface area contributed by atoms with Gasteiger partial charge in [0.1, 0.15) is 0 Å². The molecule has 1 fully saturated rings. The quantitative estimate of drug-likeness (QED) is 0.841. The highest BCUT2D eigenvalue weighted by molar-refractivity contribution is 5.79. The van der Waals surface area contributed by atoms with Crippen LogP contribution in [0.4, 0.5) is 0 Å². The fraction of sp³-hybridized carbons (Fsp3) is 0.692. The highest BCUT2D eigenvalue weighted by atomic mass is 16.5. The van der Waals surface area contributed by atoms with Crippen LogP contribution in [0, 0.1) is 5.92 Å². The summed E-state index contributed by atoms with van der Waals surface area (Å²) in [6, 6.07) is 0.268. The molecule has 1 N–H and O–H groups in total. The minimum atomic E-state index is 0.144. The maximum atomic E-state index is 12.1. The number of imidazole rings is 1. The zero-order chi connectivity index (χ0) is 12.4. The van der Waals surface area contributed by atoms with Crippen LogP contribution in [0.5, 0.6) is 0 Å². The minimum Gasteiger partial charge on any atom is -0.381 e. The van der Waals surface area contributed by atoms with E-state index in [9.17, 15) is 4.79 Å². The molecular formula is C13H19N3O2. The lowest BCUT2D eigenvalue weighted by atomic mass is 9.97. The lowest BCUT2D eigenvalue weighted by Crippen LogP contribution is -2.43. The van der Waals surface area contributed by atoms with E-state index >= 15 is 0 Å². The summed E-state index contributed by atoms with van der Waals surface area (Å²) >= 11 is 0. The van der Waals surface area contributed by atoms with E-state index < -0.39 is 0 Å². The Morgan fingerprint density at radius 1 is 1.39 bits per heavy atom. The number of hydrogen-bond donors (Lipinski definition) is 1. The number of nitrogens with zero attached hydrogens (tertiary/aromatic N) is 2. The molecule has 1 aromatic rings. The molecule has 1 unspecified atom stereocenters. The van der Waals surface area contributed by atoms with Crippen molar-refractivity contribution < 1.29 is 9.53 Å². The van der Waals surface area contributed by atoms with Crippen molar-refractivity contribution in [3.05, 3.63) is 18.2 Å². The van der Waals surface area contributed by atoms with Crippen molar-refractivity contribution in [3.8, 4) is 0 Å². The molecular weight excluding hydrogens is 230 g/mol. The summed E-state index contributed by atoms with van der Waals surface area (Å²) < 4.78 is 7.45. The Kier molecular flexibility index (Phi) is 3.32. The van der Waals surface area contributed by atoms with Gasteiger partial charge in [-0.25, -0.2) is 4.98 Å². The second-order valence-electron chi connectivity index (χ2n) is 5.16. The molecule has 5 heteroatoms. The minimum absolute atomic E-state index is 0.144. The van der Waals surface area contributed by atoms with Gasteiger partial charge in [0.05, 0.1) is 6.33 Å². The second kappa shape index (κ2) is 5.10. The molecule has 18 heavy (non-hydrogen) atoms. The van der Waals surface area contributed by atoms with Crippen LogP contribution < -0.4 is 5.32 Å². The number of nitrogens with one attached hydrogen (secondary N) is 1. The number of aromatic nitrogens is 2. The maximum Gasteiger partial charge on any atom is 0.223 e. The van der Waals surface area contributed by atoms with E-state index in [0.29, 0.717) is 0 Å². The zero-order valence-corrected chi connectivity index (χ0v) is 10.5. The van der Waals surface area contributed by atoms with E-state index in [-0.39, 0.29) is 17.9 Å². The van der Waals surface area contributed by atoms with Crippen molar-refractivity contribution in [3.63, 3.8) is 0 Å². The molecule has 0 aromatic carbocycles. The van der Waals surface area contributed by atoms with Crippen molar-refractivity contribution in [1.82, 2.24) is 14.9 Å². The summed E-state index contributed by atoms with van der Waals surface area (Å²) in [7, 11) is 0. The highest BCUT2D eigenvalue weighted by Gasteiger charge is 2.25. The summed E-state index contributed by atoms with van der Waals surface area (Å²) in [6.45, 7) is 2.39. The molecule has 1 aromatic heterocycles. The molecule has 1 amide bonds. The average molecular weight is 249 g/mol. The summed E-state index contributed by atoms with van der Waals surface area (Å²) in [5.74, 6) is 0.349. The van der Waals surface area contributed by atoms with Crippen LogP contribution >= 0.6 is 0 Å². The predicted molar refractivity (Wildman–Crippen MR) is 66.0 cm³/mol. The van der Waals surface area contributed by atoms with Crippen molar-refractivity contribution in [2.24, 2.45) is 5.92 Å². The van der Waals surface area contributed by atoms with Crippen LogP contribution in [0.2, 0.25) is 0 Å². The molecule has 5 nitrogen and oxygen atoms in total. The van der Waals surface area contributed by atoms with Gasteiger partial charge in [0.15, 0.2) is 0 Å². The van der Waals surface area contributed by atoms with Gasteiger partial charge in [0.25, 0.3) is 0 Å². The van der Waals surface area contributed by atoms with E-state index in [0.717, 1.165) is 45.4 Å². The lowest BCUT2D eigenvalue weighted by Gasteiger charge is -2.28. The normalized spacial score (nSPS) is 24.6. The van der Waals surface area contributed by atoms with E-state index in [1.54, 1.807) is 0 Å². The first kappa shape index (κ1) is 11.7. The van der Waals surface area contributed by atoms with Crippen LogP contribution in [-0.4, -0.2) is 34.7 Å². The van der Waals surface area contributed by atoms with Gasteiger partial charge >= 0.3 is 0 Å². The molecule has 3 rings (SSSR count). The van der Waals surface area contributed by atoms with Gasteiger partial charge < -0.3 is 14.6 Å². The monoisotopic (exact) mass is 249 g/mol. The SMILES string of the molecule is O=C(NC1CCn2cncc2C1)C1CCOCC1. The standard InChI is InChI=1S/C13H19N3O2/c17-13(10-2-5-18-6-3-10)15-11-1-4-16-9-14-8-12(16)7-11/h8-11H,1-7H2,(H,15,17). The summed E-state index contributed by atoms with van der Waals surface area (Å²) in [5.41, 5.74) is 1.22. The van der Waals surface area contributed by atoms with E-state index in [2.05, 4.69) is 14.9 Å². The highest BCUT2D eigenvalue weighted by Crippen LogP contribution is 2.18. The maximum absolute atomic E-state index is 12.1. The fourth-order valence-corrected chi connectivity index (χ4v) is 2.77. The molecule has 2 aliphatic heterocycles. The van der Waals surface area contributed by atoms with Crippen LogP contribution in [0.1, 0.15) is 25.0 Å². The Morgan fingerprint density at radius 2 is 2.22 bits per heavy atom. The second-order valence-corrected chi connectivity index (χ2v) is 5.16. The molecule has 0 spiro atoms. The van der Waals surface area contributed by atoms with Gasteiger partial charge in [0.2, 0.25) is 5.91 Å². The third-order valence-electron chi connectivity index (χ3n) is 3.91. The molecule has 0 saturated carbocycles. The Balaban J connectivity index is 1.56. The molecule has 3 heterocycles. The van der Waals surface area contributed by atoms with E-state index in [1.807, 2.05) is 12.5 Å². The zero-order valence-electron chi connectivity index (χ0n) is 10.5. The van der Waals surface area contributed by atoms with Crippen molar-refractivity contribution in [2.45, 2.75) is 38.3 Å². The smallest absolute Gasteiger partial charge is 0.223 e. The first-order valence-electron chi connectivity index (χ1n) is 6.70. The van der Waals surface area contributed by atoms with Crippen molar-refractivity contribution in [2.75, 3.05) is 13.2 Å². The van der Waals surface area contributed by atoms with E-state index in [4.69, 9.17) is 4.74 Å². The third-order valence-corrected chi connectivity index (χ3v) is 3.91. The van der Waals surface area contributed by atoms with Crippen molar-refractivity contribution >= 4 is 5.91 Å². The number of rotatable bonds is 2. The molecule has 1 saturated heterocycles. The van der Waals surface area contributed by atoms with Gasteiger partial charge in [-0.15, -0.1) is 0 Å². The molecule has 0 aliphatic carbocycles. The van der Waals surface area contributed by atoms with Gasteiger partial charge in [-0.3, -0.25) is 4.79 Å². The number of amides is 1. The number of fused-ring (bicyclic) bond motifs is 1. The Hall–Kier alpha value is -1.36.